The highest BCUT2D eigenvalue weighted by atomic mass is 16.5. The Labute approximate surface area is 139 Å². The smallest absolute Gasteiger partial charge is 0.269 e. The van der Waals surface area contributed by atoms with Gasteiger partial charge in [0.05, 0.1) is 19.1 Å². The number of carbonyl (C=O) groups is 1. The summed E-state index contributed by atoms with van der Waals surface area (Å²) in [6.45, 7) is 1.40. The Hall–Kier alpha value is -3.09. The third kappa shape index (κ3) is 3.62. The summed E-state index contributed by atoms with van der Waals surface area (Å²) in [4.78, 5) is 16.2. The van der Waals surface area contributed by atoms with E-state index in [1.807, 2.05) is 35.0 Å². The molecule has 7 nitrogen and oxygen atoms in total. The Morgan fingerprint density at radius 2 is 2.25 bits per heavy atom. The molecule has 3 aromatic rings. The average Bonchev–Trinajstić information content (AvgIpc) is 3.30. The largest absolute Gasteiger partial charge is 0.496 e. The van der Waals surface area contributed by atoms with Gasteiger partial charge in [-0.1, -0.05) is 12.1 Å². The van der Waals surface area contributed by atoms with Crippen molar-refractivity contribution in [2.45, 2.75) is 13.0 Å². The van der Waals surface area contributed by atoms with Gasteiger partial charge in [-0.25, -0.2) is 4.98 Å². The zero-order valence-corrected chi connectivity index (χ0v) is 13.4. The van der Waals surface area contributed by atoms with E-state index >= 15 is 0 Å². The predicted octanol–water partition coefficient (Wildman–Crippen LogP) is 2.10. The fourth-order valence-electron chi connectivity index (χ4n) is 2.41. The van der Waals surface area contributed by atoms with Gasteiger partial charge in [0.15, 0.2) is 0 Å². The van der Waals surface area contributed by atoms with Crippen LogP contribution in [0.15, 0.2) is 49.1 Å². The number of aromatic amines is 1. The number of aryl methyl sites for hydroxylation is 1. The van der Waals surface area contributed by atoms with Crippen molar-refractivity contribution in [3.63, 3.8) is 0 Å². The molecule has 3 rings (SSSR count). The van der Waals surface area contributed by atoms with Crippen LogP contribution in [0.4, 0.5) is 0 Å². The third-order valence-electron chi connectivity index (χ3n) is 3.64. The number of hydrogen-bond acceptors (Lipinski definition) is 4. The molecule has 0 bridgehead atoms. The predicted molar refractivity (Wildman–Crippen MR) is 89.8 cm³/mol. The van der Waals surface area contributed by atoms with E-state index in [0.29, 0.717) is 17.9 Å². The van der Waals surface area contributed by atoms with Gasteiger partial charge in [0.1, 0.15) is 11.4 Å². The SMILES string of the molecule is COc1ccccc1-c1cc(C(=O)NCCCn2ccnc2)[nH]n1. The van der Waals surface area contributed by atoms with Gasteiger partial charge in [0, 0.05) is 31.0 Å². The first kappa shape index (κ1) is 15.8. The van der Waals surface area contributed by atoms with Crippen LogP contribution in [0.1, 0.15) is 16.9 Å². The van der Waals surface area contributed by atoms with E-state index in [1.165, 1.54) is 0 Å². The van der Waals surface area contributed by atoms with Crippen LogP contribution in [0.3, 0.4) is 0 Å². The van der Waals surface area contributed by atoms with E-state index in [1.54, 1.807) is 25.7 Å². The topological polar surface area (TPSA) is 84.8 Å². The maximum absolute atomic E-state index is 12.2. The molecule has 124 valence electrons. The fourth-order valence-corrected chi connectivity index (χ4v) is 2.41. The highest BCUT2D eigenvalue weighted by Gasteiger charge is 2.13. The van der Waals surface area contributed by atoms with E-state index in [-0.39, 0.29) is 5.91 Å². The summed E-state index contributed by atoms with van der Waals surface area (Å²) >= 11 is 0. The maximum atomic E-state index is 12.2. The number of nitrogens with zero attached hydrogens (tertiary/aromatic N) is 3. The number of imidazole rings is 1. The number of benzene rings is 1. The molecule has 2 aromatic heterocycles. The van der Waals surface area contributed by atoms with Crippen LogP contribution >= 0.6 is 0 Å². The summed E-state index contributed by atoms with van der Waals surface area (Å²) in [5.41, 5.74) is 1.95. The summed E-state index contributed by atoms with van der Waals surface area (Å²) in [5.74, 6) is 0.547. The molecule has 0 spiro atoms. The molecule has 2 N–H and O–H groups in total. The van der Waals surface area contributed by atoms with Gasteiger partial charge in [-0.15, -0.1) is 0 Å². The van der Waals surface area contributed by atoms with E-state index in [2.05, 4.69) is 20.5 Å². The highest BCUT2D eigenvalue weighted by molar-refractivity contribution is 5.93. The van der Waals surface area contributed by atoms with Crippen LogP contribution in [0, 0.1) is 0 Å². The molecule has 1 aromatic carbocycles. The molecular weight excluding hydrogens is 306 g/mol. The molecule has 0 saturated carbocycles. The third-order valence-corrected chi connectivity index (χ3v) is 3.64. The van der Waals surface area contributed by atoms with E-state index in [0.717, 1.165) is 24.3 Å². The number of H-pyrrole nitrogens is 1. The molecule has 2 heterocycles. The van der Waals surface area contributed by atoms with Crippen molar-refractivity contribution in [3.05, 3.63) is 54.7 Å². The van der Waals surface area contributed by atoms with Crippen molar-refractivity contribution in [2.75, 3.05) is 13.7 Å². The van der Waals surface area contributed by atoms with Gasteiger partial charge in [0.25, 0.3) is 5.91 Å². The van der Waals surface area contributed by atoms with Crippen molar-refractivity contribution in [3.8, 4) is 17.0 Å². The highest BCUT2D eigenvalue weighted by Crippen LogP contribution is 2.28. The van der Waals surface area contributed by atoms with Gasteiger partial charge >= 0.3 is 0 Å². The van der Waals surface area contributed by atoms with Crippen LogP contribution in [-0.4, -0.2) is 39.3 Å². The van der Waals surface area contributed by atoms with E-state index < -0.39 is 0 Å². The van der Waals surface area contributed by atoms with Gasteiger partial charge in [0.2, 0.25) is 0 Å². The van der Waals surface area contributed by atoms with Gasteiger partial charge in [-0.2, -0.15) is 5.10 Å². The lowest BCUT2D eigenvalue weighted by Gasteiger charge is -2.05. The van der Waals surface area contributed by atoms with Gasteiger partial charge < -0.3 is 14.6 Å². The number of methoxy groups -OCH3 is 1. The summed E-state index contributed by atoms with van der Waals surface area (Å²) in [6, 6.07) is 9.29. The molecule has 0 aliphatic carbocycles. The second-order valence-electron chi connectivity index (χ2n) is 5.28. The molecule has 1 amide bonds. The number of para-hydroxylation sites is 1. The lowest BCUT2D eigenvalue weighted by Crippen LogP contribution is -2.25. The zero-order valence-electron chi connectivity index (χ0n) is 13.4. The first-order chi connectivity index (χ1) is 11.8. The van der Waals surface area contributed by atoms with Crippen molar-refractivity contribution in [2.24, 2.45) is 0 Å². The minimum atomic E-state index is -0.172. The summed E-state index contributed by atoms with van der Waals surface area (Å²) in [5, 5.41) is 9.86. The van der Waals surface area contributed by atoms with Crippen molar-refractivity contribution in [1.82, 2.24) is 25.1 Å². The molecule has 0 saturated heterocycles. The molecule has 0 aliphatic heterocycles. The maximum Gasteiger partial charge on any atom is 0.269 e. The van der Waals surface area contributed by atoms with Crippen molar-refractivity contribution >= 4 is 5.91 Å². The minimum Gasteiger partial charge on any atom is -0.496 e. The van der Waals surface area contributed by atoms with Crippen molar-refractivity contribution in [1.29, 1.82) is 0 Å². The molecule has 0 fully saturated rings. The summed E-state index contributed by atoms with van der Waals surface area (Å²) in [6.07, 6.45) is 6.23. The Morgan fingerprint density at radius 3 is 3.04 bits per heavy atom. The number of aromatic nitrogens is 4. The molecule has 0 unspecified atom stereocenters. The van der Waals surface area contributed by atoms with Gasteiger partial charge in [-0.05, 0) is 24.6 Å². The van der Waals surface area contributed by atoms with Gasteiger partial charge in [-0.3, -0.25) is 9.89 Å². The Bertz CT molecular complexity index is 795. The summed E-state index contributed by atoms with van der Waals surface area (Å²) in [7, 11) is 1.61. The van der Waals surface area contributed by atoms with Crippen LogP contribution < -0.4 is 10.1 Å². The standard InChI is InChI=1S/C17H19N5O2/c1-24-16-6-3-2-5-13(16)14-11-15(21-20-14)17(23)19-7-4-9-22-10-8-18-12-22/h2-3,5-6,8,10-12H,4,7,9H2,1H3,(H,19,23)(H,20,21). The number of carbonyl (C=O) groups excluding carboxylic acids is 1. The molecule has 0 radical (unpaired) electrons. The van der Waals surface area contributed by atoms with Crippen LogP contribution in [0.2, 0.25) is 0 Å². The normalized spacial score (nSPS) is 10.5. The lowest BCUT2D eigenvalue weighted by molar-refractivity contribution is 0.0947. The first-order valence-electron chi connectivity index (χ1n) is 7.70. The Morgan fingerprint density at radius 1 is 1.38 bits per heavy atom. The fraction of sp³-hybridized carbons (Fsp3) is 0.235. The number of nitrogens with one attached hydrogen (secondary N) is 2. The molecule has 0 aliphatic rings. The molecular formula is C17H19N5O2. The lowest BCUT2D eigenvalue weighted by atomic mass is 10.1. The van der Waals surface area contributed by atoms with Crippen LogP contribution in [0.25, 0.3) is 11.3 Å². The number of amides is 1. The van der Waals surface area contributed by atoms with Crippen LogP contribution in [-0.2, 0) is 6.54 Å². The second-order valence-corrected chi connectivity index (χ2v) is 5.28. The second kappa shape index (κ2) is 7.45. The monoisotopic (exact) mass is 325 g/mol. The number of ether oxygens (including phenoxy) is 1. The quantitative estimate of drug-likeness (QED) is 0.652. The Kier molecular flexibility index (Phi) is 4.90. The number of rotatable bonds is 7. The molecule has 24 heavy (non-hydrogen) atoms. The van der Waals surface area contributed by atoms with E-state index in [9.17, 15) is 4.79 Å². The molecule has 7 heteroatoms. The van der Waals surface area contributed by atoms with E-state index in [4.69, 9.17) is 4.74 Å². The average molecular weight is 325 g/mol. The van der Waals surface area contributed by atoms with Crippen molar-refractivity contribution < 1.29 is 9.53 Å². The molecule has 0 atom stereocenters. The summed E-state index contributed by atoms with van der Waals surface area (Å²) < 4.78 is 7.30. The van der Waals surface area contributed by atoms with Crippen LogP contribution in [0.5, 0.6) is 5.75 Å². The zero-order chi connectivity index (χ0) is 16.8. The number of hydrogen-bond donors (Lipinski definition) is 2. The first-order valence-corrected chi connectivity index (χ1v) is 7.70. The Balaban J connectivity index is 1.57. The minimum absolute atomic E-state index is 0.172.